The van der Waals surface area contributed by atoms with Crippen molar-refractivity contribution in [2.75, 3.05) is 13.1 Å². The lowest BCUT2D eigenvalue weighted by atomic mass is 9.85. The third-order valence-corrected chi connectivity index (χ3v) is 5.23. The Morgan fingerprint density at radius 2 is 2.14 bits per heavy atom. The highest BCUT2D eigenvalue weighted by Crippen LogP contribution is 2.39. The number of benzene rings is 1. The summed E-state index contributed by atoms with van der Waals surface area (Å²) < 4.78 is 2.53. The first-order valence-electron chi connectivity index (χ1n) is 8.49. The van der Waals surface area contributed by atoms with Crippen molar-refractivity contribution in [1.29, 1.82) is 0 Å². The van der Waals surface area contributed by atoms with Gasteiger partial charge in [-0.05, 0) is 62.7 Å². The molecule has 0 bridgehead atoms. The van der Waals surface area contributed by atoms with Gasteiger partial charge in [-0.1, -0.05) is 19.1 Å². The summed E-state index contributed by atoms with van der Waals surface area (Å²) in [7, 11) is 0. The molecule has 1 aromatic heterocycles. The fraction of sp³-hybridized carbons (Fsp3) is 0.611. The Hall–Kier alpha value is -1.35. The van der Waals surface area contributed by atoms with E-state index in [2.05, 4.69) is 41.1 Å². The molecule has 1 aliphatic carbocycles. The quantitative estimate of drug-likeness (QED) is 0.930. The largest absolute Gasteiger partial charge is 0.325 e. The van der Waals surface area contributed by atoms with Crippen LogP contribution < -0.4 is 5.32 Å². The molecular formula is C18H25N3. The van der Waals surface area contributed by atoms with Gasteiger partial charge in [0.15, 0.2) is 0 Å². The molecule has 2 unspecified atom stereocenters. The number of rotatable bonds is 4. The van der Waals surface area contributed by atoms with Crippen LogP contribution >= 0.6 is 0 Å². The standard InChI is InChI=1S/C18H25N3/c1-13(14-5-4-10-19-12-14)11-18-20-16-6-2-3-7-17(16)21(18)15-8-9-15/h2-3,6-7,13-15,19H,4-5,8-12H2,1H3. The lowest BCUT2D eigenvalue weighted by molar-refractivity contribution is 0.274. The van der Waals surface area contributed by atoms with Crippen LogP contribution in [0.25, 0.3) is 11.0 Å². The molecule has 0 radical (unpaired) electrons. The normalized spacial score (nSPS) is 24.3. The summed E-state index contributed by atoms with van der Waals surface area (Å²) in [5.41, 5.74) is 2.51. The van der Waals surface area contributed by atoms with E-state index >= 15 is 0 Å². The Labute approximate surface area is 126 Å². The average molecular weight is 283 g/mol. The fourth-order valence-electron chi connectivity index (χ4n) is 3.80. The highest BCUT2D eigenvalue weighted by Gasteiger charge is 2.29. The molecule has 2 aliphatic rings. The minimum atomic E-state index is 0.712. The van der Waals surface area contributed by atoms with E-state index in [-0.39, 0.29) is 0 Å². The number of nitrogens with one attached hydrogen (secondary N) is 1. The predicted molar refractivity (Wildman–Crippen MR) is 86.5 cm³/mol. The maximum atomic E-state index is 4.95. The molecule has 2 aromatic rings. The molecular weight excluding hydrogens is 258 g/mol. The summed E-state index contributed by atoms with van der Waals surface area (Å²) in [6, 6.07) is 9.34. The van der Waals surface area contributed by atoms with Crippen LogP contribution in [-0.2, 0) is 6.42 Å². The lowest BCUT2D eigenvalue weighted by Crippen LogP contribution is -2.34. The van der Waals surface area contributed by atoms with Gasteiger partial charge in [-0.15, -0.1) is 0 Å². The van der Waals surface area contributed by atoms with Gasteiger partial charge in [-0.2, -0.15) is 0 Å². The number of para-hydroxylation sites is 2. The number of fused-ring (bicyclic) bond motifs is 1. The first-order valence-corrected chi connectivity index (χ1v) is 8.49. The van der Waals surface area contributed by atoms with Crippen LogP contribution in [-0.4, -0.2) is 22.6 Å². The molecule has 3 nitrogen and oxygen atoms in total. The molecule has 2 heterocycles. The van der Waals surface area contributed by atoms with Gasteiger partial charge in [-0.3, -0.25) is 0 Å². The molecule has 0 spiro atoms. The van der Waals surface area contributed by atoms with Gasteiger partial charge in [0.1, 0.15) is 5.82 Å². The molecule has 3 heteroatoms. The van der Waals surface area contributed by atoms with Crippen molar-refractivity contribution in [1.82, 2.24) is 14.9 Å². The summed E-state index contributed by atoms with van der Waals surface area (Å²) >= 11 is 0. The van der Waals surface area contributed by atoms with E-state index in [1.807, 2.05) is 0 Å². The van der Waals surface area contributed by atoms with E-state index in [1.54, 1.807) is 0 Å². The maximum absolute atomic E-state index is 4.95. The zero-order valence-corrected chi connectivity index (χ0v) is 12.9. The monoisotopic (exact) mass is 283 g/mol. The van der Waals surface area contributed by atoms with Crippen LogP contribution in [0.5, 0.6) is 0 Å². The van der Waals surface area contributed by atoms with Gasteiger partial charge in [0.2, 0.25) is 0 Å². The highest BCUT2D eigenvalue weighted by atomic mass is 15.1. The number of piperidine rings is 1. The smallest absolute Gasteiger partial charge is 0.110 e. The van der Waals surface area contributed by atoms with Crippen molar-refractivity contribution < 1.29 is 0 Å². The second-order valence-corrected chi connectivity index (χ2v) is 6.91. The van der Waals surface area contributed by atoms with Crippen molar-refractivity contribution in [3.05, 3.63) is 30.1 Å². The van der Waals surface area contributed by atoms with E-state index < -0.39 is 0 Å². The predicted octanol–water partition coefficient (Wildman–Crippen LogP) is 3.55. The van der Waals surface area contributed by atoms with Crippen molar-refractivity contribution in [2.45, 2.75) is 45.1 Å². The molecule has 1 saturated heterocycles. The van der Waals surface area contributed by atoms with Crippen LogP contribution in [0.2, 0.25) is 0 Å². The molecule has 1 saturated carbocycles. The Balaban J connectivity index is 1.61. The van der Waals surface area contributed by atoms with Crippen molar-refractivity contribution >= 4 is 11.0 Å². The Morgan fingerprint density at radius 1 is 1.29 bits per heavy atom. The average Bonchev–Trinajstić information content (AvgIpc) is 3.29. The Kier molecular flexibility index (Phi) is 3.46. The van der Waals surface area contributed by atoms with Gasteiger partial charge >= 0.3 is 0 Å². The number of hydrogen-bond donors (Lipinski definition) is 1. The minimum Gasteiger partial charge on any atom is -0.325 e. The van der Waals surface area contributed by atoms with E-state index in [9.17, 15) is 0 Å². The summed E-state index contributed by atoms with van der Waals surface area (Å²) in [5.74, 6) is 2.84. The van der Waals surface area contributed by atoms with Gasteiger partial charge < -0.3 is 9.88 Å². The second-order valence-electron chi connectivity index (χ2n) is 6.91. The second kappa shape index (κ2) is 5.45. The van der Waals surface area contributed by atoms with Crippen molar-refractivity contribution in [3.63, 3.8) is 0 Å². The number of imidazole rings is 1. The minimum absolute atomic E-state index is 0.712. The van der Waals surface area contributed by atoms with E-state index in [1.165, 1.54) is 55.6 Å². The van der Waals surface area contributed by atoms with E-state index in [0.717, 1.165) is 12.3 Å². The van der Waals surface area contributed by atoms with Gasteiger partial charge in [-0.25, -0.2) is 4.98 Å². The van der Waals surface area contributed by atoms with Gasteiger partial charge in [0, 0.05) is 12.5 Å². The van der Waals surface area contributed by atoms with Crippen molar-refractivity contribution in [2.24, 2.45) is 11.8 Å². The molecule has 112 valence electrons. The zero-order chi connectivity index (χ0) is 14.2. The molecule has 1 N–H and O–H groups in total. The summed E-state index contributed by atoms with van der Waals surface area (Å²) in [6.45, 7) is 4.79. The van der Waals surface area contributed by atoms with E-state index in [0.29, 0.717) is 12.0 Å². The Morgan fingerprint density at radius 3 is 2.90 bits per heavy atom. The fourth-order valence-corrected chi connectivity index (χ4v) is 3.80. The molecule has 2 atom stereocenters. The zero-order valence-electron chi connectivity index (χ0n) is 12.9. The van der Waals surface area contributed by atoms with Crippen molar-refractivity contribution in [3.8, 4) is 0 Å². The topological polar surface area (TPSA) is 29.9 Å². The SMILES string of the molecule is CC(Cc1nc2ccccc2n1C1CC1)C1CCCNC1. The highest BCUT2D eigenvalue weighted by molar-refractivity contribution is 5.76. The first kappa shape index (κ1) is 13.3. The van der Waals surface area contributed by atoms with Gasteiger partial charge in [0.25, 0.3) is 0 Å². The van der Waals surface area contributed by atoms with Crippen LogP contribution in [0, 0.1) is 11.8 Å². The summed E-state index contributed by atoms with van der Waals surface area (Å²) in [4.78, 5) is 4.95. The molecule has 1 aromatic carbocycles. The number of nitrogens with zero attached hydrogens (tertiary/aromatic N) is 2. The van der Waals surface area contributed by atoms with E-state index in [4.69, 9.17) is 4.98 Å². The Bertz CT molecular complexity index is 620. The number of hydrogen-bond acceptors (Lipinski definition) is 2. The maximum Gasteiger partial charge on any atom is 0.110 e. The van der Waals surface area contributed by atoms with Crippen LogP contribution in [0.1, 0.15) is 44.5 Å². The molecule has 1 aliphatic heterocycles. The molecule has 21 heavy (non-hydrogen) atoms. The first-order chi connectivity index (χ1) is 10.3. The molecule has 4 rings (SSSR count). The van der Waals surface area contributed by atoms with Gasteiger partial charge in [0.05, 0.1) is 11.0 Å². The van der Waals surface area contributed by atoms with Crippen LogP contribution in [0.4, 0.5) is 0 Å². The molecule has 0 amide bonds. The van der Waals surface area contributed by atoms with Crippen LogP contribution in [0.15, 0.2) is 24.3 Å². The molecule has 2 fully saturated rings. The lowest BCUT2D eigenvalue weighted by Gasteiger charge is -2.28. The van der Waals surface area contributed by atoms with Crippen LogP contribution in [0.3, 0.4) is 0 Å². The number of aromatic nitrogens is 2. The third kappa shape index (κ3) is 2.59. The summed E-state index contributed by atoms with van der Waals surface area (Å²) in [6.07, 6.45) is 6.48. The third-order valence-electron chi connectivity index (χ3n) is 5.23. The summed E-state index contributed by atoms with van der Waals surface area (Å²) in [5, 5.41) is 3.55.